The number of hydrogen-bond acceptors (Lipinski definition) is 5. The van der Waals surface area contributed by atoms with Crippen LogP contribution in [-0.4, -0.2) is 19.5 Å². The summed E-state index contributed by atoms with van der Waals surface area (Å²) < 4.78 is 37.4. The van der Waals surface area contributed by atoms with Gasteiger partial charge in [0, 0.05) is 12.3 Å². The van der Waals surface area contributed by atoms with Crippen molar-refractivity contribution in [2.45, 2.75) is 11.8 Å². The van der Waals surface area contributed by atoms with E-state index in [1.165, 1.54) is 37.6 Å². The average molecular weight is 377 g/mol. The first kappa shape index (κ1) is 17.1. The van der Waals surface area contributed by atoms with Crippen LogP contribution in [0.5, 0.6) is 5.75 Å². The van der Waals surface area contributed by atoms with Crippen LogP contribution in [0.15, 0.2) is 51.9 Å². The lowest BCUT2D eigenvalue weighted by Crippen LogP contribution is -2.13. The highest BCUT2D eigenvalue weighted by molar-refractivity contribution is 7.90. The fourth-order valence-electron chi connectivity index (χ4n) is 2.36. The molecule has 128 valence electrons. The lowest BCUT2D eigenvalue weighted by molar-refractivity contribution is 0.403. The minimum Gasteiger partial charge on any atom is -0.492 e. The van der Waals surface area contributed by atoms with Gasteiger partial charge in [0.1, 0.15) is 11.8 Å². The Morgan fingerprint density at radius 3 is 2.48 bits per heavy atom. The monoisotopic (exact) mass is 376 g/mol. The molecule has 2 heterocycles. The summed E-state index contributed by atoms with van der Waals surface area (Å²) in [5.74, 6) is 0.266. The zero-order chi connectivity index (χ0) is 18.2. The second-order valence-corrected chi connectivity index (χ2v) is 7.47. The molecule has 3 rings (SSSR count). The molecule has 0 saturated carbocycles. The van der Waals surface area contributed by atoms with E-state index in [-0.39, 0.29) is 32.9 Å². The molecule has 25 heavy (non-hydrogen) atoms. The normalized spacial score (nSPS) is 11.3. The minimum absolute atomic E-state index is 0.0611. The van der Waals surface area contributed by atoms with Gasteiger partial charge in [-0.25, -0.2) is 12.4 Å². The van der Waals surface area contributed by atoms with Crippen LogP contribution in [0.2, 0.25) is 5.02 Å². The van der Waals surface area contributed by atoms with Crippen molar-refractivity contribution in [2.24, 2.45) is 0 Å². The lowest BCUT2D eigenvalue weighted by atomic mass is 10.2. The zero-order valence-corrected chi connectivity index (χ0v) is 14.9. The number of halogens is 1. The molecule has 0 aliphatic heterocycles. The van der Waals surface area contributed by atoms with Crippen LogP contribution in [0, 0.1) is 18.3 Å². The Morgan fingerprint density at radius 2 is 1.92 bits per heavy atom. The molecule has 0 N–H and O–H groups in total. The van der Waals surface area contributed by atoms with Crippen LogP contribution in [0.1, 0.15) is 11.3 Å². The summed E-state index contributed by atoms with van der Waals surface area (Å²) >= 11 is 6.18. The number of ether oxygens (including phenoxy) is 1. The fraction of sp³-hybridized carbons (Fsp3) is 0.118. The third-order valence-electron chi connectivity index (χ3n) is 3.63. The molecular weight excluding hydrogens is 364 g/mol. The number of aromatic nitrogens is 1. The van der Waals surface area contributed by atoms with Gasteiger partial charge in [0.15, 0.2) is 11.5 Å². The van der Waals surface area contributed by atoms with E-state index in [2.05, 4.69) is 0 Å². The summed E-state index contributed by atoms with van der Waals surface area (Å²) in [4.78, 5) is 0.116. The number of nitrogens with zero attached hydrogens (tertiary/aromatic N) is 2. The highest BCUT2D eigenvalue weighted by Gasteiger charge is 2.26. The smallest absolute Gasteiger partial charge is 0.268 e. The molecule has 0 aliphatic rings. The lowest BCUT2D eigenvalue weighted by Gasteiger charge is -2.09. The van der Waals surface area contributed by atoms with Gasteiger partial charge in [0.2, 0.25) is 5.76 Å². The maximum absolute atomic E-state index is 12.9. The Labute approximate surface area is 149 Å². The second kappa shape index (κ2) is 6.31. The number of rotatable bonds is 4. The molecule has 0 spiro atoms. The summed E-state index contributed by atoms with van der Waals surface area (Å²) in [5.41, 5.74) is 1.07. The van der Waals surface area contributed by atoms with Crippen molar-refractivity contribution in [3.05, 3.63) is 58.9 Å². The molecule has 0 saturated heterocycles. The van der Waals surface area contributed by atoms with Gasteiger partial charge in [-0.05, 0) is 25.1 Å². The van der Waals surface area contributed by atoms with E-state index < -0.39 is 10.0 Å². The molecule has 0 unspecified atom stereocenters. The van der Waals surface area contributed by atoms with Crippen molar-refractivity contribution in [2.75, 3.05) is 7.11 Å². The van der Waals surface area contributed by atoms with E-state index in [0.717, 1.165) is 9.54 Å². The molecule has 0 atom stereocenters. The molecule has 0 amide bonds. The molecule has 0 aliphatic carbocycles. The van der Waals surface area contributed by atoms with Crippen molar-refractivity contribution in [3.63, 3.8) is 0 Å². The Morgan fingerprint density at radius 1 is 1.24 bits per heavy atom. The van der Waals surface area contributed by atoms with Gasteiger partial charge in [0.25, 0.3) is 10.0 Å². The van der Waals surface area contributed by atoms with Gasteiger partial charge in [-0.2, -0.15) is 5.26 Å². The molecule has 1 aromatic carbocycles. The molecule has 0 radical (unpaired) electrons. The Hall–Kier alpha value is -2.69. The van der Waals surface area contributed by atoms with E-state index in [1.807, 2.05) is 13.0 Å². The topological polar surface area (TPSA) is 85.2 Å². The van der Waals surface area contributed by atoms with E-state index >= 15 is 0 Å². The van der Waals surface area contributed by atoms with Crippen LogP contribution < -0.4 is 4.74 Å². The number of furan rings is 1. The highest BCUT2D eigenvalue weighted by atomic mass is 35.5. The second-order valence-electron chi connectivity index (χ2n) is 5.25. The minimum atomic E-state index is -3.88. The number of nitriles is 1. The van der Waals surface area contributed by atoms with Gasteiger partial charge in [-0.1, -0.05) is 29.3 Å². The first-order valence-corrected chi connectivity index (χ1v) is 8.97. The maximum atomic E-state index is 12.9. The van der Waals surface area contributed by atoms with Crippen molar-refractivity contribution in [1.82, 2.24) is 3.97 Å². The van der Waals surface area contributed by atoms with Crippen molar-refractivity contribution < 1.29 is 17.6 Å². The van der Waals surface area contributed by atoms with Gasteiger partial charge in [-0.15, -0.1) is 0 Å². The fourth-order valence-corrected chi connectivity index (χ4v) is 4.01. The molecule has 6 nitrogen and oxygen atoms in total. The molecular formula is C17H13ClN2O4S. The highest BCUT2D eigenvalue weighted by Crippen LogP contribution is 2.36. The van der Waals surface area contributed by atoms with Crippen molar-refractivity contribution >= 4 is 21.6 Å². The largest absolute Gasteiger partial charge is 0.492 e. The van der Waals surface area contributed by atoms with Crippen LogP contribution in [0.4, 0.5) is 0 Å². The van der Waals surface area contributed by atoms with E-state index in [1.54, 1.807) is 12.1 Å². The third-order valence-corrected chi connectivity index (χ3v) is 5.63. The summed E-state index contributed by atoms with van der Waals surface area (Å²) in [6, 6.07) is 11.2. The molecule has 3 aromatic rings. The van der Waals surface area contributed by atoms with Crippen molar-refractivity contribution in [1.29, 1.82) is 5.26 Å². The summed E-state index contributed by atoms with van der Waals surface area (Å²) in [6.45, 7) is 1.87. The quantitative estimate of drug-likeness (QED) is 0.690. The predicted octanol–water partition coefficient (Wildman–Crippen LogP) is 3.83. The Bertz CT molecular complexity index is 1070. The maximum Gasteiger partial charge on any atom is 0.268 e. The van der Waals surface area contributed by atoms with Gasteiger partial charge >= 0.3 is 0 Å². The summed E-state index contributed by atoms with van der Waals surface area (Å²) in [7, 11) is -2.49. The van der Waals surface area contributed by atoms with Crippen LogP contribution in [0.25, 0.3) is 11.5 Å². The first-order chi connectivity index (χ1) is 11.9. The van der Waals surface area contributed by atoms with Gasteiger partial charge in [0.05, 0.1) is 17.0 Å². The standard InChI is InChI=1S/C17H13ClN2O4S/c1-11-3-5-12(6-4-11)25(21,22)20-8-7-13(18)17(20)15-9-14(23-2)16(10-19)24-15/h3-9H,1-2H3. The summed E-state index contributed by atoms with van der Waals surface area (Å²) in [6.07, 6.45) is 1.34. The van der Waals surface area contributed by atoms with Crippen LogP contribution in [0.3, 0.4) is 0 Å². The number of methoxy groups -OCH3 is 1. The van der Waals surface area contributed by atoms with Crippen molar-refractivity contribution in [3.8, 4) is 23.3 Å². The summed E-state index contributed by atoms with van der Waals surface area (Å²) in [5, 5.41) is 9.26. The number of benzene rings is 1. The average Bonchev–Trinajstić information content (AvgIpc) is 3.18. The number of aryl methyl sites for hydroxylation is 1. The Kier molecular flexibility index (Phi) is 4.33. The van der Waals surface area contributed by atoms with Gasteiger partial charge in [-0.3, -0.25) is 0 Å². The van der Waals surface area contributed by atoms with Crippen LogP contribution >= 0.6 is 11.6 Å². The SMILES string of the molecule is COc1cc(-c2c(Cl)ccn2S(=O)(=O)c2ccc(C)cc2)oc1C#N. The molecule has 2 aromatic heterocycles. The van der Waals surface area contributed by atoms with E-state index in [9.17, 15) is 8.42 Å². The number of hydrogen-bond donors (Lipinski definition) is 0. The van der Waals surface area contributed by atoms with E-state index in [4.69, 9.17) is 26.0 Å². The molecule has 0 bridgehead atoms. The Balaban J connectivity index is 2.19. The molecule has 0 fully saturated rings. The van der Waals surface area contributed by atoms with Crippen LogP contribution in [-0.2, 0) is 10.0 Å². The van der Waals surface area contributed by atoms with E-state index in [0.29, 0.717) is 0 Å². The van der Waals surface area contributed by atoms with Gasteiger partial charge < -0.3 is 9.15 Å². The third kappa shape index (κ3) is 2.90. The zero-order valence-electron chi connectivity index (χ0n) is 13.4. The predicted molar refractivity (Wildman–Crippen MR) is 92.2 cm³/mol. The first-order valence-electron chi connectivity index (χ1n) is 7.16. The molecule has 8 heteroatoms.